The highest BCUT2D eigenvalue weighted by atomic mass is 16.7. The first-order chi connectivity index (χ1) is 10.3. The highest BCUT2D eigenvalue weighted by Crippen LogP contribution is 2.29. The molecule has 2 aromatic rings. The van der Waals surface area contributed by atoms with E-state index < -0.39 is 5.79 Å². The number of imidazole rings is 1. The van der Waals surface area contributed by atoms with E-state index in [1.54, 1.807) is 19.5 Å². The lowest BCUT2D eigenvalue weighted by Crippen LogP contribution is -2.34. The number of nitrogens with one attached hydrogen (secondary N) is 1. The van der Waals surface area contributed by atoms with E-state index in [2.05, 4.69) is 15.0 Å². The number of allylic oxidation sites excluding steroid dienone is 2. The van der Waals surface area contributed by atoms with Crippen molar-refractivity contribution in [1.29, 1.82) is 0 Å². The van der Waals surface area contributed by atoms with Gasteiger partial charge in [-0.2, -0.15) is 0 Å². The monoisotopic (exact) mass is 287 g/mol. The van der Waals surface area contributed by atoms with E-state index in [0.717, 1.165) is 22.4 Å². The van der Waals surface area contributed by atoms with E-state index in [9.17, 15) is 0 Å². The zero-order valence-corrected chi connectivity index (χ0v) is 11.7. The average molecular weight is 287 g/mol. The van der Waals surface area contributed by atoms with Crippen molar-refractivity contribution in [2.24, 2.45) is 0 Å². The molecule has 0 bridgehead atoms. The van der Waals surface area contributed by atoms with E-state index in [1.165, 1.54) is 0 Å². The van der Waals surface area contributed by atoms with Crippen LogP contribution in [0.25, 0.3) is 16.6 Å². The number of fused-ring (bicyclic) bond motifs is 1. The molecular weight excluding hydrogens is 270 g/mol. The van der Waals surface area contributed by atoms with Gasteiger partial charge in [0.2, 0.25) is 0 Å². The molecule has 1 unspecified atom stereocenters. The summed E-state index contributed by atoms with van der Waals surface area (Å²) in [5.74, 6) is -0.0131. The van der Waals surface area contributed by atoms with Crippen molar-refractivity contribution in [2.45, 2.75) is 12.2 Å². The Morgan fingerprint density at radius 2 is 2.38 bits per heavy atom. The molecule has 0 fully saturated rings. The zero-order chi connectivity index (χ0) is 14.7. The van der Waals surface area contributed by atoms with Gasteiger partial charge in [-0.25, -0.2) is 4.98 Å². The lowest BCUT2D eigenvalue weighted by Gasteiger charge is -2.30. The Morgan fingerprint density at radius 1 is 1.48 bits per heavy atom. The number of rotatable bonds is 5. The lowest BCUT2D eigenvalue weighted by atomic mass is 10.0. The summed E-state index contributed by atoms with van der Waals surface area (Å²) in [6.07, 6.45) is 9.80. The van der Waals surface area contributed by atoms with E-state index in [0.29, 0.717) is 6.42 Å². The molecule has 0 saturated carbocycles. The Balaban J connectivity index is 1.82. The van der Waals surface area contributed by atoms with Gasteiger partial charge >= 0.3 is 0 Å². The van der Waals surface area contributed by atoms with Crippen molar-refractivity contribution in [3.63, 3.8) is 0 Å². The molecular formula is C15H17N3O3. The van der Waals surface area contributed by atoms with Gasteiger partial charge in [-0.3, -0.25) is 4.98 Å². The molecule has 0 aliphatic heterocycles. The Kier molecular flexibility index (Phi) is 3.83. The third-order valence-corrected chi connectivity index (χ3v) is 3.46. The maximum atomic E-state index is 8.88. The fourth-order valence-electron chi connectivity index (χ4n) is 2.31. The molecule has 6 heteroatoms. The highest BCUT2D eigenvalue weighted by molar-refractivity contribution is 5.80. The maximum absolute atomic E-state index is 8.88. The SMILES string of the molecule is COC1(OCCO)C=CC(c2nc3ccncc3[nH]2)=CC1. The summed E-state index contributed by atoms with van der Waals surface area (Å²) in [6, 6.07) is 1.87. The minimum Gasteiger partial charge on any atom is -0.394 e. The van der Waals surface area contributed by atoms with Gasteiger partial charge in [-0.15, -0.1) is 0 Å². The second-order valence-electron chi connectivity index (χ2n) is 4.76. The van der Waals surface area contributed by atoms with Crippen LogP contribution in [0.2, 0.25) is 0 Å². The number of hydrogen-bond acceptors (Lipinski definition) is 5. The first-order valence-corrected chi connectivity index (χ1v) is 6.76. The van der Waals surface area contributed by atoms with E-state index in [1.807, 2.05) is 24.3 Å². The predicted molar refractivity (Wildman–Crippen MR) is 78.4 cm³/mol. The van der Waals surface area contributed by atoms with Gasteiger partial charge in [0.15, 0.2) is 5.79 Å². The number of aliphatic hydroxyl groups is 1. The average Bonchev–Trinajstić information content (AvgIpc) is 2.97. The van der Waals surface area contributed by atoms with Crippen LogP contribution >= 0.6 is 0 Å². The fourth-order valence-corrected chi connectivity index (χ4v) is 2.31. The van der Waals surface area contributed by atoms with E-state index in [-0.39, 0.29) is 13.2 Å². The smallest absolute Gasteiger partial charge is 0.191 e. The molecule has 1 atom stereocenters. The van der Waals surface area contributed by atoms with Gasteiger partial charge in [0.05, 0.1) is 30.4 Å². The Labute approximate surface area is 122 Å². The molecule has 0 saturated heterocycles. The van der Waals surface area contributed by atoms with Crippen molar-refractivity contribution in [3.8, 4) is 0 Å². The molecule has 21 heavy (non-hydrogen) atoms. The Hall–Kier alpha value is -2.02. The van der Waals surface area contributed by atoms with Crippen molar-refractivity contribution in [3.05, 3.63) is 42.5 Å². The van der Waals surface area contributed by atoms with Crippen LogP contribution in [-0.4, -0.2) is 46.2 Å². The van der Waals surface area contributed by atoms with Crippen molar-refractivity contribution >= 4 is 16.6 Å². The molecule has 6 nitrogen and oxygen atoms in total. The number of nitrogens with zero attached hydrogens (tertiary/aromatic N) is 2. The quantitative estimate of drug-likeness (QED) is 0.817. The third-order valence-electron chi connectivity index (χ3n) is 3.46. The van der Waals surface area contributed by atoms with Crippen LogP contribution < -0.4 is 0 Å². The molecule has 110 valence electrons. The number of H-pyrrole nitrogens is 1. The molecule has 0 amide bonds. The Bertz CT molecular complexity index is 659. The summed E-state index contributed by atoms with van der Waals surface area (Å²) >= 11 is 0. The van der Waals surface area contributed by atoms with Crippen LogP contribution in [0.3, 0.4) is 0 Å². The molecule has 1 aliphatic rings. The van der Waals surface area contributed by atoms with E-state index in [4.69, 9.17) is 14.6 Å². The summed E-state index contributed by atoms with van der Waals surface area (Å²) in [6.45, 7) is 0.198. The number of aromatic amines is 1. The van der Waals surface area contributed by atoms with Gasteiger partial charge in [0.25, 0.3) is 0 Å². The second kappa shape index (κ2) is 5.77. The fraction of sp³-hybridized carbons (Fsp3) is 0.333. The van der Waals surface area contributed by atoms with Crippen LogP contribution in [0.15, 0.2) is 36.7 Å². The molecule has 2 heterocycles. The first-order valence-electron chi connectivity index (χ1n) is 6.76. The van der Waals surface area contributed by atoms with Crippen molar-refractivity contribution in [1.82, 2.24) is 15.0 Å². The van der Waals surface area contributed by atoms with Crippen LogP contribution in [0.4, 0.5) is 0 Å². The van der Waals surface area contributed by atoms with Crippen molar-refractivity contribution < 1.29 is 14.6 Å². The summed E-state index contributed by atoms with van der Waals surface area (Å²) in [5, 5.41) is 8.88. The largest absolute Gasteiger partial charge is 0.394 e. The first kappa shape index (κ1) is 13.9. The third kappa shape index (κ3) is 2.73. The molecule has 1 aliphatic carbocycles. The van der Waals surface area contributed by atoms with E-state index >= 15 is 0 Å². The van der Waals surface area contributed by atoms with Crippen LogP contribution in [0.5, 0.6) is 0 Å². The summed E-state index contributed by atoms with van der Waals surface area (Å²) in [4.78, 5) is 11.8. The topological polar surface area (TPSA) is 80.3 Å². The molecule has 2 N–H and O–H groups in total. The summed E-state index contributed by atoms with van der Waals surface area (Å²) in [7, 11) is 1.59. The molecule has 0 aromatic carbocycles. The predicted octanol–water partition coefficient (Wildman–Crippen LogP) is 1.65. The standard InChI is InChI=1S/C15H17N3O3/c1-20-15(21-9-8-19)5-2-11(3-6-15)14-17-12-4-7-16-10-13(12)18-14/h2-5,7,10,19H,6,8-9H2,1H3,(H,17,18). The minimum atomic E-state index is -0.806. The number of ether oxygens (including phenoxy) is 2. The Morgan fingerprint density at radius 3 is 3.05 bits per heavy atom. The van der Waals surface area contributed by atoms with Crippen molar-refractivity contribution in [2.75, 3.05) is 20.3 Å². The normalized spacial score (nSPS) is 21.7. The number of aromatic nitrogens is 3. The van der Waals surface area contributed by atoms with Gasteiger partial charge in [0.1, 0.15) is 5.82 Å². The highest BCUT2D eigenvalue weighted by Gasteiger charge is 2.29. The number of aliphatic hydroxyl groups excluding tert-OH is 1. The number of methoxy groups -OCH3 is 1. The van der Waals surface area contributed by atoms with Gasteiger partial charge in [0, 0.05) is 25.3 Å². The molecule has 0 spiro atoms. The zero-order valence-electron chi connectivity index (χ0n) is 11.7. The van der Waals surface area contributed by atoms with Crippen LogP contribution in [0, 0.1) is 0 Å². The second-order valence-corrected chi connectivity index (χ2v) is 4.76. The maximum Gasteiger partial charge on any atom is 0.191 e. The summed E-state index contributed by atoms with van der Waals surface area (Å²) in [5.41, 5.74) is 2.77. The lowest BCUT2D eigenvalue weighted by molar-refractivity contribution is -0.190. The van der Waals surface area contributed by atoms with Crippen LogP contribution in [0.1, 0.15) is 12.2 Å². The van der Waals surface area contributed by atoms with Gasteiger partial charge < -0.3 is 19.6 Å². The molecule has 3 rings (SSSR count). The van der Waals surface area contributed by atoms with Gasteiger partial charge in [-0.05, 0) is 12.1 Å². The molecule has 2 aromatic heterocycles. The number of pyridine rings is 1. The minimum absolute atomic E-state index is 0.0356. The van der Waals surface area contributed by atoms with Gasteiger partial charge in [-0.1, -0.05) is 12.2 Å². The summed E-state index contributed by atoms with van der Waals surface area (Å²) < 4.78 is 11.0. The molecule has 0 radical (unpaired) electrons. The number of hydrogen-bond donors (Lipinski definition) is 2. The van der Waals surface area contributed by atoms with Crippen LogP contribution in [-0.2, 0) is 9.47 Å².